The van der Waals surface area contributed by atoms with Gasteiger partial charge in [0.15, 0.2) is 58.2 Å². The zero-order valence-electron chi connectivity index (χ0n) is 100. The fraction of sp³-hybridized carbons (Fsp3) is 0.135. The summed E-state index contributed by atoms with van der Waals surface area (Å²) in [6.07, 6.45) is 0. The molecular formula is C133H113N15. The largest absolute Gasteiger partial charge is 0.213 e. The number of benzene rings is 19. The number of rotatable bonds is 17. The Morgan fingerprint density at radius 2 is 0.432 bits per heavy atom. The van der Waals surface area contributed by atoms with Crippen molar-refractivity contribution in [2.75, 3.05) is 0 Å². The van der Waals surface area contributed by atoms with Gasteiger partial charge in [0.25, 0.3) is 0 Å². The Bertz CT molecular complexity index is 9960. The molecule has 0 aliphatic carbocycles. The predicted octanol–water partition coefficient (Wildman–Crippen LogP) is 34.0. The standard InChI is InChI=1S/2C28H23N3.2C27H23N3.C23H21N3/c1-19(2)26-29-27(23-15-8-14-22(18-23)20-10-4-3-5-11-20)31-28(30-26)25-17-9-13-21-12-6-7-16-24(21)25;1-19(2)26-29-27(24-14-8-13-23(17-24)20-9-4-3-5-10-20)31-28(30-26)25-16-15-21-11-6-7-12-22(21)18-25;1-17(2)25-28-26(23-14-8-11-19-9-4-6-12-21(19)23)30-27(29-25)24-16-18(3)15-20-10-5-7-13-22(20)24;1-17(2)25-28-26(22-13-12-19-8-4-5-9-20(19)16-22)30-27(29-25)24-15-18(3)14-21-10-6-7-11-23(21)24;1-15(2)21-24-22(19-10-6-7-16(3)13-19)26-23(25-21)20-12-11-17-8-4-5-9-18(17)14-20/h2*3-19H,1-2H3;2*4-17H,1-3H3;4-15H,1-3H3/i;;5D,7D,10D,13D,15D,16D;6D,7D,10D,11D,14D,15D;6D,7D,10D,13D. The first-order valence-corrected chi connectivity index (χ1v) is 49.5. The smallest absolute Gasteiger partial charge is 0.164 e. The number of hydrogen-bond donors (Lipinski definition) is 0. The van der Waals surface area contributed by atoms with Gasteiger partial charge in [-0.15, -0.1) is 0 Å². The van der Waals surface area contributed by atoms with E-state index in [0.717, 1.165) is 105 Å². The summed E-state index contributed by atoms with van der Waals surface area (Å²) in [4.78, 5) is 71.0. The topological polar surface area (TPSA) is 193 Å². The van der Waals surface area contributed by atoms with Crippen LogP contribution < -0.4 is 0 Å². The van der Waals surface area contributed by atoms with E-state index in [9.17, 15) is 0 Å². The van der Waals surface area contributed by atoms with E-state index in [2.05, 4.69) is 240 Å². The zero-order chi connectivity index (χ0) is 116. The first-order chi connectivity index (χ1) is 78.8. The molecule has 15 nitrogen and oxygen atoms in total. The molecule has 0 spiro atoms. The predicted molar refractivity (Wildman–Crippen MR) is 612 cm³/mol. The van der Waals surface area contributed by atoms with Crippen LogP contribution >= 0.6 is 0 Å². The van der Waals surface area contributed by atoms with Gasteiger partial charge in [0.2, 0.25) is 0 Å². The Hall–Kier alpha value is -18.0. The maximum absolute atomic E-state index is 8.86. The van der Waals surface area contributed by atoms with Gasteiger partial charge in [-0.05, 0) is 178 Å². The van der Waals surface area contributed by atoms with Crippen LogP contribution in [0.3, 0.4) is 0 Å². The van der Waals surface area contributed by atoms with E-state index >= 15 is 0 Å². The Kier molecular flexibility index (Phi) is 23.7. The summed E-state index contributed by atoms with van der Waals surface area (Å²) >= 11 is 0. The van der Waals surface area contributed by atoms with E-state index < -0.39 is 24.2 Å². The average Bonchev–Trinajstić information content (AvgIpc) is 0.726. The molecule has 0 aliphatic heterocycles. The fourth-order valence-corrected chi connectivity index (χ4v) is 17.2. The molecule has 5 aromatic heterocycles. The van der Waals surface area contributed by atoms with Crippen molar-refractivity contribution in [2.45, 2.75) is 120 Å². The first kappa shape index (κ1) is 79.5. The van der Waals surface area contributed by atoms with Crippen molar-refractivity contribution < 1.29 is 21.9 Å². The van der Waals surface area contributed by atoms with Crippen LogP contribution in [0.25, 0.3) is 212 Å². The highest BCUT2D eigenvalue weighted by Crippen LogP contribution is 2.39. The Morgan fingerprint density at radius 3 is 0.797 bits per heavy atom. The summed E-state index contributed by atoms with van der Waals surface area (Å²) in [6.45, 7) is 25.0. The molecule has 0 unspecified atom stereocenters. The maximum Gasteiger partial charge on any atom is 0.164 e. The van der Waals surface area contributed by atoms with Crippen LogP contribution in [-0.4, -0.2) is 74.8 Å². The van der Waals surface area contributed by atoms with Crippen LogP contribution in [0, 0.1) is 20.8 Å². The Labute approximate surface area is 886 Å². The highest BCUT2D eigenvalue weighted by molar-refractivity contribution is 6.00. The molecule has 0 aliphatic rings. The minimum atomic E-state index is -0.427. The molecule has 0 amide bonds. The van der Waals surface area contributed by atoms with Crippen molar-refractivity contribution >= 4 is 75.4 Å². The van der Waals surface area contributed by atoms with Crippen LogP contribution in [0.2, 0.25) is 0 Å². The van der Waals surface area contributed by atoms with Crippen molar-refractivity contribution in [1.82, 2.24) is 74.8 Å². The lowest BCUT2D eigenvalue weighted by Gasteiger charge is -2.13. The molecule has 0 radical (unpaired) electrons. The van der Waals surface area contributed by atoms with Gasteiger partial charge in [0.05, 0.1) is 21.9 Å². The molecule has 24 aromatic rings. The molecule has 148 heavy (non-hydrogen) atoms. The van der Waals surface area contributed by atoms with Crippen molar-refractivity contribution in [2.24, 2.45) is 0 Å². The molecule has 19 aromatic carbocycles. The average molecular weight is 1940 g/mol. The molecule has 720 valence electrons. The van der Waals surface area contributed by atoms with Crippen molar-refractivity contribution in [3.05, 3.63) is 464 Å². The second kappa shape index (κ2) is 44.1. The van der Waals surface area contributed by atoms with Gasteiger partial charge in [0.1, 0.15) is 29.1 Å². The SMILES string of the molecule is CC(C)c1nc(-c2cccc(-c3ccccc3)c2)nc(-c2ccc3ccccc3c2)n1.CC(C)c1nc(-c2cccc(-c3ccccc3)c2)nc(-c2cccc3ccccc23)n1.[2H]c1c([2H])c(C)c([2H])c(-c2nc(-c3ccc4ccccc4c3)nc(C(C)C)n2)c1[2H].[2H]c1c([2H])c([2H])c2c(-c3nc(-c4ccc5ccccc5c4)nc(C(C)C)n3)c([2H])c(C)c([2H])c2c1[2H].[2H]c1c([2H])c([2H])c2c(-c3nc(-c4cccc5ccccc45)nc(C(C)C)n3)c([2H])c(C)c([2H])c2c1[2H]. The lowest BCUT2D eigenvalue weighted by molar-refractivity contribution is 0.766. The number of aromatic nitrogens is 15. The van der Waals surface area contributed by atoms with E-state index in [1.54, 1.807) is 20.8 Å². The quantitative estimate of drug-likeness (QED) is 0.0835. The van der Waals surface area contributed by atoms with E-state index in [1.165, 1.54) is 27.3 Å². The van der Waals surface area contributed by atoms with Gasteiger partial charge in [-0.3, -0.25) is 0 Å². The van der Waals surface area contributed by atoms with Gasteiger partial charge in [0, 0.05) is 85.2 Å². The van der Waals surface area contributed by atoms with Crippen LogP contribution in [0.1, 0.15) is 167 Å². The second-order valence-corrected chi connectivity index (χ2v) is 37.6. The van der Waals surface area contributed by atoms with Gasteiger partial charge in [-0.1, -0.05) is 445 Å². The van der Waals surface area contributed by atoms with E-state index in [4.69, 9.17) is 66.8 Å². The molecule has 0 N–H and O–H groups in total. The highest BCUT2D eigenvalue weighted by atomic mass is 15.1. The summed E-state index contributed by atoms with van der Waals surface area (Å²) in [5, 5.41) is 11.3. The lowest BCUT2D eigenvalue weighted by Crippen LogP contribution is -2.05. The summed E-state index contributed by atoms with van der Waals surface area (Å²) in [6, 6.07) is 105. The van der Waals surface area contributed by atoms with E-state index in [1.807, 2.05) is 181 Å². The van der Waals surface area contributed by atoms with Crippen molar-refractivity contribution in [3.8, 4) is 136 Å². The van der Waals surface area contributed by atoms with Crippen LogP contribution in [-0.2, 0) is 0 Å². The highest BCUT2D eigenvalue weighted by Gasteiger charge is 2.23. The number of fused-ring (bicyclic) bond motifs is 7. The lowest BCUT2D eigenvalue weighted by atomic mass is 10.0. The van der Waals surface area contributed by atoms with Gasteiger partial charge in [-0.2, -0.15) is 0 Å². The monoisotopic (exact) mass is 1940 g/mol. The summed E-state index contributed by atoms with van der Waals surface area (Å²) < 4.78 is 134. The minimum Gasteiger partial charge on any atom is -0.213 e. The third kappa shape index (κ3) is 22.4. The molecule has 15 heteroatoms. The molecule has 24 rings (SSSR count). The second-order valence-electron chi connectivity index (χ2n) is 37.6. The number of hydrogen-bond acceptors (Lipinski definition) is 15. The normalized spacial score (nSPS) is 12.8. The van der Waals surface area contributed by atoms with Crippen molar-refractivity contribution in [1.29, 1.82) is 0 Å². The third-order valence-electron chi connectivity index (χ3n) is 24.9. The molecule has 0 bridgehead atoms. The maximum atomic E-state index is 8.86. The van der Waals surface area contributed by atoms with Crippen molar-refractivity contribution in [3.63, 3.8) is 0 Å². The Morgan fingerprint density at radius 1 is 0.162 bits per heavy atom. The van der Waals surface area contributed by atoms with Crippen LogP contribution in [0.15, 0.2) is 418 Å². The van der Waals surface area contributed by atoms with Gasteiger partial charge < -0.3 is 0 Å². The molecule has 0 atom stereocenters. The fourth-order valence-electron chi connectivity index (χ4n) is 17.2. The summed E-state index contributed by atoms with van der Waals surface area (Å²) in [5.41, 5.74) is 12.5. The van der Waals surface area contributed by atoms with Crippen LogP contribution in [0.4, 0.5) is 0 Å². The van der Waals surface area contributed by atoms with Gasteiger partial charge >= 0.3 is 0 Å². The molecule has 0 fully saturated rings. The molecular weight excluding hydrogens is 1810 g/mol. The number of nitrogens with zero attached hydrogens (tertiary/aromatic N) is 15. The summed E-state index contributed by atoms with van der Waals surface area (Å²) in [7, 11) is 0. The minimum absolute atomic E-state index is 0.00590. The molecule has 0 saturated carbocycles. The van der Waals surface area contributed by atoms with E-state index in [0.29, 0.717) is 69.1 Å². The third-order valence-corrected chi connectivity index (χ3v) is 24.9. The van der Waals surface area contributed by atoms with Crippen LogP contribution in [0.5, 0.6) is 0 Å². The summed E-state index contributed by atoms with van der Waals surface area (Å²) in [5.74, 6) is 8.12. The Balaban J connectivity index is 0.000000122. The van der Waals surface area contributed by atoms with E-state index in [-0.39, 0.29) is 158 Å². The van der Waals surface area contributed by atoms with Gasteiger partial charge in [-0.25, -0.2) is 74.8 Å². The molecule has 5 heterocycles. The first-order valence-electron chi connectivity index (χ1n) is 57.5. The zero-order valence-corrected chi connectivity index (χ0v) is 84.2. The molecule has 0 saturated heterocycles.